The van der Waals surface area contributed by atoms with E-state index in [1.54, 1.807) is 0 Å². The summed E-state index contributed by atoms with van der Waals surface area (Å²) < 4.78 is 0. The normalized spacial score (nSPS) is 42.3. The zero-order valence-corrected chi connectivity index (χ0v) is 8.53. The Bertz CT molecular complexity index is 229. The molecule has 1 fully saturated rings. The lowest BCUT2D eigenvalue weighted by atomic mass is 9.82. The highest BCUT2D eigenvalue weighted by molar-refractivity contribution is 5.21. The molecule has 1 heteroatoms. The van der Waals surface area contributed by atoms with Gasteiger partial charge in [0.05, 0.1) is 0 Å². The van der Waals surface area contributed by atoms with E-state index in [9.17, 15) is 0 Å². The van der Waals surface area contributed by atoms with Gasteiger partial charge in [0, 0.05) is 18.0 Å². The van der Waals surface area contributed by atoms with Crippen LogP contribution in [0.25, 0.3) is 0 Å². The highest BCUT2D eigenvalue weighted by Crippen LogP contribution is 2.34. The average molecular weight is 177 g/mol. The number of hydrogen-bond donors (Lipinski definition) is 1. The van der Waals surface area contributed by atoms with Crippen molar-refractivity contribution >= 4 is 0 Å². The topological polar surface area (TPSA) is 12.0 Å². The van der Waals surface area contributed by atoms with Crippen molar-refractivity contribution in [3.63, 3.8) is 0 Å². The third-order valence-electron chi connectivity index (χ3n) is 3.39. The van der Waals surface area contributed by atoms with E-state index in [1.807, 2.05) is 0 Å². The molecule has 0 aromatic carbocycles. The van der Waals surface area contributed by atoms with Gasteiger partial charge in [-0.2, -0.15) is 0 Å². The van der Waals surface area contributed by atoms with Crippen LogP contribution in [0.5, 0.6) is 0 Å². The van der Waals surface area contributed by atoms with E-state index >= 15 is 0 Å². The number of allylic oxidation sites excluding steroid dienone is 2. The molecule has 4 atom stereocenters. The minimum Gasteiger partial charge on any atom is -0.307 e. The van der Waals surface area contributed by atoms with Crippen molar-refractivity contribution in [2.45, 2.75) is 38.8 Å². The Morgan fingerprint density at radius 3 is 2.77 bits per heavy atom. The molecule has 0 aromatic rings. The molecule has 2 rings (SSSR count). The molecule has 0 bridgehead atoms. The minimum atomic E-state index is 0.608. The number of hydrogen-bond acceptors (Lipinski definition) is 1. The zero-order chi connectivity index (χ0) is 9.26. The van der Waals surface area contributed by atoms with Crippen molar-refractivity contribution in [1.82, 2.24) is 5.32 Å². The van der Waals surface area contributed by atoms with E-state index in [0.29, 0.717) is 12.1 Å². The lowest BCUT2D eigenvalue weighted by molar-refractivity contribution is 0.385. The second kappa shape index (κ2) is 3.67. The third-order valence-corrected chi connectivity index (χ3v) is 3.39. The minimum absolute atomic E-state index is 0.608. The third kappa shape index (κ3) is 1.58. The number of rotatable bonds is 2. The van der Waals surface area contributed by atoms with E-state index in [0.717, 1.165) is 11.8 Å². The molecule has 1 nitrogen and oxygen atoms in total. The van der Waals surface area contributed by atoms with Crippen molar-refractivity contribution < 1.29 is 0 Å². The average Bonchev–Trinajstić information content (AvgIpc) is 2.44. The Balaban J connectivity index is 2.10. The number of nitrogens with one attached hydrogen (secondary N) is 1. The molecule has 0 spiro atoms. The van der Waals surface area contributed by atoms with Gasteiger partial charge in [-0.25, -0.2) is 0 Å². The summed E-state index contributed by atoms with van der Waals surface area (Å²) in [7, 11) is 0. The molecular weight excluding hydrogens is 158 g/mol. The van der Waals surface area contributed by atoms with Crippen molar-refractivity contribution in [2.75, 3.05) is 0 Å². The van der Waals surface area contributed by atoms with Crippen molar-refractivity contribution in [1.29, 1.82) is 0 Å². The molecule has 1 aliphatic carbocycles. The SMILES string of the molecule is CCCC1C(C)NC2C=CC=CC21. The van der Waals surface area contributed by atoms with Crippen LogP contribution in [0.1, 0.15) is 26.7 Å². The Kier molecular flexibility index (Phi) is 2.54. The molecule has 0 saturated carbocycles. The number of fused-ring (bicyclic) bond motifs is 1. The first-order valence-electron chi connectivity index (χ1n) is 5.44. The van der Waals surface area contributed by atoms with Crippen molar-refractivity contribution in [3.8, 4) is 0 Å². The molecule has 0 radical (unpaired) electrons. The van der Waals surface area contributed by atoms with Crippen LogP contribution in [0.15, 0.2) is 24.3 Å². The molecule has 1 heterocycles. The van der Waals surface area contributed by atoms with Gasteiger partial charge in [-0.3, -0.25) is 0 Å². The van der Waals surface area contributed by atoms with Crippen molar-refractivity contribution in [2.24, 2.45) is 11.8 Å². The van der Waals surface area contributed by atoms with Crippen LogP contribution in [-0.2, 0) is 0 Å². The maximum atomic E-state index is 3.65. The van der Waals surface area contributed by atoms with Gasteiger partial charge in [0.1, 0.15) is 0 Å². The fraction of sp³-hybridized carbons (Fsp3) is 0.667. The fourth-order valence-corrected chi connectivity index (χ4v) is 2.74. The van der Waals surface area contributed by atoms with Gasteiger partial charge >= 0.3 is 0 Å². The predicted octanol–water partition coefficient (Wildman–Crippen LogP) is 2.51. The Morgan fingerprint density at radius 2 is 2.00 bits per heavy atom. The molecule has 2 aliphatic rings. The fourth-order valence-electron chi connectivity index (χ4n) is 2.74. The van der Waals surface area contributed by atoms with Gasteiger partial charge in [0.25, 0.3) is 0 Å². The Morgan fingerprint density at radius 1 is 1.23 bits per heavy atom. The molecule has 72 valence electrons. The summed E-state index contributed by atoms with van der Waals surface area (Å²) in [4.78, 5) is 0. The molecule has 13 heavy (non-hydrogen) atoms. The van der Waals surface area contributed by atoms with Gasteiger partial charge in [0.2, 0.25) is 0 Å². The quantitative estimate of drug-likeness (QED) is 0.683. The van der Waals surface area contributed by atoms with Crippen LogP contribution in [0.3, 0.4) is 0 Å². The molecule has 1 aliphatic heterocycles. The van der Waals surface area contributed by atoms with E-state index in [-0.39, 0.29) is 0 Å². The van der Waals surface area contributed by atoms with Gasteiger partial charge in [-0.05, 0) is 19.3 Å². The summed E-state index contributed by atoms with van der Waals surface area (Å²) in [5.74, 6) is 1.59. The highest BCUT2D eigenvalue weighted by atomic mass is 15.0. The second-order valence-corrected chi connectivity index (χ2v) is 4.28. The molecular formula is C12H19N. The summed E-state index contributed by atoms with van der Waals surface area (Å²) in [6.45, 7) is 4.60. The van der Waals surface area contributed by atoms with Gasteiger partial charge < -0.3 is 5.32 Å². The van der Waals surface area contributed by atoms with Gasteiger partial charge in [-0.1, -0.05) is 37.6 Å². The summed E-state index contributed by atoms with van der Waals surface area (Å²) in [6, 6.07) is 1.29. The standard InChI is InChI=1S/C12H19N/c1-3-6-10-9(2)13-12-8-5-4-7-11(10)12/h4-5,7-13H,3,6H2,1-2H3. The maximum absolute atomic E-state index is 3.65. The molecule has 0 amide bonds. The first-order valence-corrected chi connectivity index (χ1v) is 5.44. The monoisotopic (exact) mass is 177 g/mol. The summed E-state index contributed by atoms with van der Waals surface area (Å²) in [5, 5.41) is 3.65. The second-order valence-electron chi connectivity index (χ2n) is 4.28. The summed E-state index contributed by atoms with van der Waals surface area (Å²) in [6.07, 6.45) is 11.7. The van der Waals surface area contributed by atoms with E-state index < -0.39 is 0 Å². The van der Waals surface area contributed by atoms with Crippen LogP contribution < -0.4 is 5.32 Å². The zero-order valence-electron chi connectivity index (χ0n) is 8.53. The van der Waals surface area contributed by atoms with Crippen LogP contribution in [0.2, 0.25) is 0 Å². The van der Waals surface area contributed by atoms with Gasteiger partial charge in [-0.15, -0.1) is 0 Å². The maximum Gasteiger partial charge on any atom is 0.0321 e. The molecule has 1 saturated heterocycles. The summed E-state index contributed by atoms with van der Waals surface area (Å²) >= 11 is 0. The predicted molar refractivity (Wildman–Crippen MR) is 56.6 cm³/mol. The van der Waals surface area contributed by atoms with Gasteiger partial charge in [0.15, 0.2) is 0 Å². The molecule has 0 aromatic heterocycles. The molecule has 1 N–H and O–H groups in total. The first-order chi connectivity index (χ1) is 6.33. The van der Waals surface area contributed by atoms with Crippen LogP contribution in [0.4, 0.5) is 0 Å². The van der Waals surface area contributed by atoms with Crippen LogP contribution >= 0.6 is 0 Å². The lowest BCUT2D eigenvalue weighted by Crippen LogP contribution is -2.28. The van der Waals surface area contributed by atoms with E-state index in [2.05, 4.69) is 43.5 Å². The Hall–Kier alpha value is -0.560. The van der Waals surface area contributed by atoms with E-state index in [4.69, 9.17) is 0 Å². The molecule has 4 unspecified atom stereocenters. The lowest BCUT2D eigenvalue weighted by Gasteiger charge is -2.21. The first kappa shape index (κ1) is 9.01. The van der Waals surface area contributed by atoms with E-state index in [1.165, 1.54) is 12.8 Å². The smallest absolute Gasteiger partial charge is 0.0321 e. The largest absolute Gasteiger partial charge is 0.307 e. The van der Waals surface area contributed by atoms with Crippen LogP contribution in [0, 0.1) is 11.8 Å². The van der Waals surface area contributed by atoms with Crippen LogP contribution in [-0.4, -0.2) is 12.1 Å². The Labute approximate surface area is 80.9 Å². The highest BCUT2D eigenvalue weighted by Gasteiger charge is 2.37. The summed E-state index contributed by atoms with van der Waals surface area (Å²) in [5.41, 5.74) is 0. The van der Waals surface area contributed by atoms with Crippen molar-refractivity contribution in [3.05, 3.63) is 24.3 Å².